The molecule has 172 valence electrons. The fraction of sp³-hybridized carbons (Fsp3) is 0.148. The summed E-state index contributed by atoms with van der Waals surface area (Å²) in [6.07, 6.45) is 4.09. The van der Waals surface area contributed by atoms with Gasteiger partial charge < -0.3 is 0 Å². The Morgan fingerprint density at radius 2 is 0.971 bits per heavy atom. The van der Waals surface area contributed by atoms with Crippen LogP contribution < -0.4 is 0 Å². The molecule has 0 bridgehead atoms. The molecule has 2 aromatic carbocycles. The van der Waals surface area contributed by atoms with E-state index in [0.717, 1.165) is 22.5 Å². The van der Waals surface area contributed by atoms with Crippen molar-refractivity contribution in [2.75, 3.05) is 0 Å². The van der Waals surface area contributed by atoms with Crippen molar-refractivity contribution in [1.82, 2.24) is 9.97 Å². The Hall–Kier alpha value is -2.43. The van der Waals surface area contributed by atoms with Crippen molar-refractivity contribution in [3.63, 3.8) is 0 Å². The fourth-order valence-corrected chi connectivity index (χ4v) is 4.55. The summed E-state index contributed by atoms with van der Waals surface area (Å²) in [7, 11) is 0. The zero-order valence-electron chi connectivity index (χ0n) is 18.0. The van der Waals surface area contributed by atoms with Crippen LogP contribution in [-0.4, -0.2) is 15.8 Å². The Morgan fingerprint density at radius 1 is 0.588 bits per heavy atom. The molecule has 0 spiro atoms. The number of halogens is 4. The lowest BCUT2D eigenvalue weighted by Gasteiger charge is -2.24. The predicted octanol–water partition coefficient (Wildman–Crippen LogP) is 8.01. The summed E-state index contributed by atoms with van der Waals surface area (Å²) < 4.78 is 0. The fourth-order valence-electron chi connectivity index (χ4n) is 3.94. The van der Waals surface area contributed by atoms with Crippen molar-refractivity contribution in [2.45, 2.75) is 24.7 Å². The second-order valence-electron chi connectivity index (χ2n) is 7.95. The number of rotatable bonds is 8. The van der Waals surface area contributed by atoms with E-state index in [0.29, 0.717) is 32.9 Å². The summed E-state index contributed by atoms with van der Waals surface area (Å²) in [5.41, 5.74) is 3.18. The van der Waals surface area contributed by atoms with Crippen molar-refractivity contribution >= 4 is 52.2 Å². The first kappa shape index (κ1) is 24.7. The molecule has 4 aromatic rings. The molecule has 0 aliphatic carbocycles. The third-order valence-corrected chi connectivity index (χ3v) is 6.59. The molecule has 0 fully saturated rings. The normalized spacial score (nSPS) is 12.8. The van der Waals surface area contributed by atoms with Gasteiger partial charge in [0.1, 0.15) is 5.78 Å². The Morgan fingerprint density at radius 3 is 1.32 bits per heavy atom. The van der Waals surface area contributed by atoms with Crippen LogP contribution in [-0.2, 0) is 17.6 Å². The van der Waals surface area contributed by atoms with Gasteiger partial charge in [-0.3, -0.25) is 14.8 Å². The van der Waals surface area contributed by atoms with E-state index in [1.165, 1.54) is 0 Å². The number of nitrogens with zero attached hydrogens (tertiary/aromatic N) is 2. The Labute approximate surface area is 218 Å². The van der Waals surface area contributed by atoms with E-state index < -0.39 is 11.8 Å². The predicted molar refractivity (Wildman–Crippen MR) is 139 cm³/mol. The maximum Gasteiger partial charge on any atom is 0.148 e. The van der Waals surface area contributed by atoms with Crippen molar-refractivity contribution in [1.29, 1.82) is 0 Å². The van der Waals surface area contributed by atoms with Gasteiger partial charge in [0.05, 0.1) is 0 Å². The van der Waals surface area contributed by atoms with Gasteiger partial charge in [0.25, 0.3) is 0 Å². The molecule has 0 saturated carbocycles. The van der Waals surface area contributed by atoms with Crippen LogP contribution in [0.3, 0.4) is 0 Å². The van der Waals surface area contributed by atoms with Crippen LogP contribution in [0.5, 0.6) is 0 Å². The van der Waals surface area contributed by atoms with Gasteiger partial charge in [-0.05, 0) is 59.7 Å². The first-order valence-electron chi connectivity index (χ1n) is 10.6. The lowest BCUT2D eigenvalue weighted by Crippen LogP contribution is -2.25. The van der Waals surface area contributed by atoms with E-state index in [4.69, 9.17) is 46.4 Å². The molecular weight excluding hydrogens is 510 g/mol. The molecule has 4 rings (SSSR count). The third kappa shape index (κ3) is 6.37. The van der Waals surface area contributed by atoms with Crippen LogP contribution in [0.4, 0.5) is 0 Å². The second-order valence-corrected chi connectivity index (χ2v) is 9.70. The van der Waals surface area contributed by atoms with Crippen LogP contribution in [0.1, 0.15) is 34.4 Å². The maximum atomic E-state index is 14.2. The Kier molecular flexibility index (Phi) is 8.23. The first-order chi connectivity index (χ1) is 16.4. The highest BCUT2D eigenvalue weighted by Gasteiger charge is 2.31. The number of pyridine rings is 2. The van der Waals surface area contributed by atoms with Gasteiger partial charge in [0.15, 0.2) is 0 Å². The molecule has 34 heavy (non-hydrogen) atoms. The maximum absolute atomic E-state index is 14.2. The van der Waals surface area contributed by atoms with E-state index in [2.05, 4.69) is 9.97 Å². The first-order valence-corrected chi connectivity index (χ1v) is 12.2. The molecule has 0 aliphatic heterocycles. The van der Waals surface area contributed by atoms with Gasteiger partial charge in [-0.15, -0.1) is 0 Å². The molecule has 2 aromatic heterocycles. The summed E-state index contributed by atoms with van der Waals surface area (Å²) in [4.78, 5) is 23.1. The highest BCUT2D eigenvalue weighted by Crippen LogP contribution is 2.33. The molecule has 0 saturated heterocycles. The average molecular weight is 530 g/mol. The molecule has 2 unspecified atom stereocenters. The topological polar surface area (TPSA) is 42.9 Å². The molecule has 0 N–H and O–H groups in total. The van der Waals surface area contributed by atoms with Gasteiger partial charge in [-0.2, -0.15) is 0 Å². The van der Waals surface area contributed by atoms with Gasteiger partial charge in [0.2, 0.25) is 0 Å². The van der Waals surface area contributed by atoms with Gasteiger partial charge in [0, 0.05) is 68.5 Å². The van der Waals surface area contributed by atoms with E-state index in [1.54, 1.807) is 60.9 Å². The van der Waals surface area contributed by atoms with Crippen LogP contribution in [0.15, 0.2) is 85.2 Å². The lowest BCUT2D eigenvalue weighted by atomic mass is 9.79. The molecule has 2 heterocycles. The summed E-state index contributed by atoms with van der Waals surface area (Å²) in [6.45, 7) is 0. The zero-order chi connectivity index (χ0) is 24.1. The van der Waals surface area contributed by atoms with Crippen LogP contribution in [0.25, 0.3) is 0 Å². The minimum absolute atomic E-state index is 0.0354. The van der Waals surface area contributed by atoms with E-state index in [-0.39, 0.29) is 5.78 Å². The standard InChI is InChI=1S/C27H20Cl4N2O/c28-19-5-1-17(2-6-19)25(15-23-13-21(30)9-11-32-23)27(34)26(18-3-7-20(29)8-4-18)16-24-14-22(31)10-12-33-24/h1-14,25-26H,15-16H2. The van der Waals surface area contributed by atoms with Crippen molar-refractivity contribution in [2.24, 2.45) is 0 Å². The SMILES string of the molecule is O=C(C(Cc1cc(Cl)ccn1)c1ccc(Cl)cc1)C(Cc1cc(Cl)ccn1)c1ccc(Cl)cc1. The van der Waals surface area contributed by atoms with Crippen molar-refractivity contribution in [3.8, 4) is 0 Å². The number of carbonyl (C=O) groups is 1. The summed E-state index contributed by atoms with van der Waals surface area (Å²) in [6, 6.07) is 21.7. The zero-order valence-corrected chi connectivity index (χ0v) is 21.0. The number of carbonyl (C=O) groups excluding carboxylic acids is 1. The highest BCUT2D eigenvalue weighted by molar-refractivity contribution is 6.31. The van der Waals surface area contributed by atoms with Crippen molar-refractivity contribution in [3.05, 3.63) is 128 Å². The second kappa shape index (κ2) is 11.3. The number of hydrogen-bond acceptors (Lipinski definition) is 3. The minimum atomic E-state index is -0.469. The minimum Gasteiger partial charge on any atom is -0.298 e. The molecule has 2 atom stereocenters. The summed E-state index contributed by atoms with van der Waals surface area (Å²) >= 11 is 24.6. The lowest BCUT2D eigenvalue weighted by molar-refractivity contribution is -0.122. The number of aromatic nitrogens is 2. The average Bonchev–Trinajstić information content (AvgIpc) is 2.82. The quantitative estimate of drug-likeness (QED) is 0.232. The molecule has 0 aliphatic rings. The molecule has 0 amide bonds. The smallest absolute Gasteiger partial charge is 0.148 e. The Bertz CT molecular complexity index is 1180. The summed E-state index contributed by atoms with van der Waals surface area (Å²) in [5, 5.41) is 2.36. The summed E-state index contributed by atoms with van der Waals surface area (Å²) in [5.74, 6) is -0.903. The number of ketones is 1. The van der Waals surface area contributed by atoms with E-state index in [9.17, 15) is 4.79 Å². The number of Topliss-reactive ketones (excluding diaryl/α,β-unsaturated/α-hetero) is 1. The molecule has 7 heteroatoms. The number of hydrogen-bond donors (Lipinski definition) is 0. The largest absolute Gasteiger partial charge is 0.298 e. The van der Waals surface area contributed by atoms with Crippen LogP contribution >= 0.6 is 46.4 Å². The molecular formula is C27H20Cl4N2O. The van der Waals surface area contributed by atoms with Gasteiger partial charge in [-0.1, -0.05) is 70.7 Å². The van der Waals surface area contributed by atoms with E-state index >= 15 is 0 Å². The monoisotopic (exact) mass is 528 g/mol. The van der Waals surface area contributed by atoms with Crippen molar-refractivity contribution < 1.29 is 4.79 Å². The van der Waals surface area contributed by atoms with Crippen LogP contribution in [0.2, 0.25) is 20.1 Å². The van der Waals surface area contributed by atoms with Gasteiger partial charge >= 0.3 is 0 Å². The number of benzene rings is 2. The molecule has 0 radical (unpaired) electrons. The van der Waals surface area contributed by atoms with Gasteiger partial charge in [-0.25, -0.2) is 0 Å². The highest BCUT2D eigenvalue weighted by atomic mass is 35.5. The van der Waals surface area contributed by atoms with Crippen LogP contribution in [0, 0.1) is 0 Å². The molecule has 3 nitrogen and oxygen atoms in total. The van der Waals surface area contributed by atoms with E-state index in [1.807, 2.05) is 24.3 Å². The third-order valence-electron chi connectivity index (χ3n) is 5.62. The Balaban J connectivity index is 1.76.